The number of pyridine rings is 1. The highest BCUT2D eigenvalue weighted by molar-refractivity contribution is 6.30. The summed E-state index contributed by atoms with van der Waals surface area (Å²) in [6, 6.07) is 17.5. The van der Waals surface area contributed by atoms with E-state index in [1.807, 2.05) is 50.2 Å². The Morgan fingerprint density at radius 1 is 1.03 bits per heavy atom. The number of aromatic nitrogens is 1. The normalized spacial score (nSPS) is 11.7. The third-order valence-electron chi connectivity index (χ3n) is 4.68. The van der Waals surface area contributed by atoms with Gasteiger partial charge in [0.1, 0.15) is 5.82 Å². The van der Waals surface area contributed by atoms with Gasteiger partial charge in [-0.15, -0.1) is 0 Å². The molecular weight excluding hydrogens is 426 g/mol. The van der Waals surface area contributed by atoms with Crippen LogP contribution in [0.2, 0.25) is 5.02 Å². The number of nitrogens with zero attached hydrogens (tertiary/aromatic N) is 2. The molecule has 3 rings (SSSR count). The molecule has 0 spiro atoms. The van der Waals surface area contributed by atoms with Crippen molar-refractivity contribution in [1.82, 2.24) is 15.2 Å². The van der Waals surface area contributed by atoms with Gasteiger partial charge in [-0.2, -0.15) is 0 Å². The van der Waals surface area contributed by atoms with E-state index in [1.54, 1.807) is 36.4 Å². The molecule has 1 atom stereocenters. The van der Waals surface area contributed by atoms with Gasteiger partial charge in [0, 0.05) is 24.0 Å². The molecule has 0 bridgehead atoms. The highest BCUT2D eigenvalue weighted by Gasteiger charge is 2.16. The largest absolute Gasteiger partial charge is 0.330 e. The topological polar surface area (TPSA) is 86.4 Å². The maximum Gasteiger partial charge on any atom is 0.319 e. The number of carbonyl (C=O) groups is 2. The van der Waals surface area contributed by atoms with Crippen molar-refractivity contribution in [3.05, 3.63) is 88.6 Å². The van der Waals surface area contributed by atoms with Crippen molar-refractivity contribution in [2.75, 3.05) is 31.3 Å². The van der Waals surface area contributed by atoms with Crippen LogP contribution in [0, 0.1) is 6.92 Å². The summed E-state index contributed by atoms with van der Waals surface area (Å²) in [6.45, 7) is 2.67. The summed E-state index contributed by atoms with van der Waals surface area (Å²) in [5.74, 6) is 0.0501. The summed E-state index contributed by atoms with van der Waals surface area (Å²) in [6.07, 6.45) is 1.46. The average molecular weight is 452 g/mol. The number of benzene rings is 2. The Labute approximate surface area is 192 Å². The lowest BCUT2D eigenvalue weighted by atomic mass is 10.0. The SMILES string of the molecule is Cc1ccc(C(CN(C)C)NC(=O)Nc2cccc(C(=O)Nc3ccc(Cl)cn3)c2)cc1. The van der Waals surface area contributed by atoms with Crippen molar-refractivity contribution in [3.63, 3.8) is 0 Å². The molecule has 8 heteroatoms. The summed E-state index contributed by atoms with van der Waals surface area (Å²) in [7, 11) is 3.91. The lowest BCUT2D eigenvalue weighted by Gasteiger charge is -2.23. The fraction of sp³-hybridized carbons (Fsp3) is 0.208. The molecule has 1 unspecified atom stereocenters. The van der Waals surface area contributed by atoms with Crippen molar-refractivity contribution in [3.8, 4) is 0 Å². The quantitative estimate of drug-likeness (QED) is 0.485. The van der Waals surface area contributed by atoms with Crippen LogP contribution in [-0.4, -0.2) is 42.5 Å². The molecule has 2 aromatic carbocycles. The third kappa shape index (κ3) is 6.80. The molecule has 0 aliphatic rings. The molecule has 0 radical (unpaired) electrons. The number of anilines is 2. The van der Waals surface area contributed by atoms with E-state index in [1.165, 1.54) is 6.20 Å². The van der Waals surface area contributed by atoms with E-state index in [-0.39, 0.29) is 18.0 Å². The molecule has 3 amide bonds. The Kier molecular flexibility index (Phi) is 7.81. The summed E-state index contributed by atoms with van der Waals surface area (Å²) in [5.41, 5.74) is 3.07. The van der Waals surface area contributed by atoms with E-state index >= 15 is 0 Å². The summed E-state index contributed by atoms with van der Waals surface area (Å²) < 4.78 is 0. The predicted octanol–water partition coefficient (Wildman–Crippen LogP) is 4.72. The first kappa shape index (κ1) is 23.2. The van der Waals surface area contributed by atoms with Gasteiger partial charge in [-0.1, -0.05) is 47.5 Å². The average Bonchev–Trinajstić information content (AvgIpc) is 2.75. The van der Waals surface area contributed by atoms with E-state index in [0.717, 1.165) is 11.1 Å². The molecule has 0 saturated carbocycles. The minimum absolute atomic E-state index is 0.187. The van der Waals surface area contributed by atoms with Crippen molar-refractivity contribution >= 4 is 35.0 Å². The van der Waals surface area contributed by atoms with Gasteiger partial charge in [-0.3, -0.25) is 4.79 Å². The van der Waals surface area contributed by atoms with E-state index in [9.17, 15) is 9.59 Å². The fourth-order valence-corrected chi connectivity index (χ4v) is 3.21. The van der Waals surface area contributed by atoms with Gasteiger partial charge in [-0.05, 0) is 56.9 Å². The Balaban J connectivity index is 1.66. The zero-order chi connectivity index (χ0) is 23.1. The van der Waals surface area contributed by atoms with Crippen LogP contribution in [0.4, 0.5) is 16.3 Å². The van der Waals surface area contributed by atoms with Crippen LogP contribution in [0.5, 0.6) is 0 Å². The number of amides is 3. The zero-order valence-electron chi connectivity index (χ0n) is 18.2. The van der Waals surface area contributed by atoms with Gasteiger partial charge in [0.25, 0.3) is 5.91 Å². The minimum Gasteiger partial charge on any atom is -0.330 e. The second-order valence-electron chi connectivity index (χ2n) is 7.72. The number of aryl methyl sites for hydroxylation is 1. The first-order valence-electron chi connectivity index (χ1n) is 10.1. The lowest BCUT2D eigenvalue weighted by Crippen LogP contribution is -2.37. The maximum absolute atomic E-state index is 12.7. The fourth-order valence-electron chi connectivity index (χ4n) is 3.10. The number of halogens is 1. The van der Waals surface area contributed by atoms with Crippen LogP contribution in [-0.2, 0) is 0 Å². The Bertz CT molecular complexity index is 1070. The van der Waals surface area contributed by atoms with Gasteiger partial charge in [-0.25, -0.2) is 9.78 Å². The standard InChI is InChI=1S/C24H26ClN5O2/c1-16-7-9-17(10-8-16)21(15-30(2)3)28-24(32)27-20-6-4-5-18(13-20)23(31)29-22-12-11-19(25)14-26-22/h4-14,21H,15H2,1-3H3,(H,26,29,31)(H2,27,28,32). The number of nitrogens with one attached hydrogen (secondary N) is 3. The number of hydrogen-bond donors (Lipinski definition) is 3. The number of hydrogen-bond acceptors (Lipinski definition) is 4. The number of urea groups is 1. The second-order valence-corrected chi connectivity index (χ2v) is 8.16. The maximum atomic E-state index is 12.7. The summed E-state index contributed by atoms with van der Waals surface area (Å²) >= 11 is 5.82. The smallest absolute Gasteiger partial charge is 0.319 e. The zero-order valence-corrected chi connectivity index (χ0v) is 19.0. The summed E-state index contributed by atoms with van der Waals surface area (Å²) in [5, 5.41) is 9.01. The van der Waals surface area contributed by atoms with Crippen LogP contribution in [0.25, 0.3) is 0 Å². The molecule has 3 aromatic rings. The van der Waals surface area contributed by atoms with E-state index < -0.39 is 0 Å². The van der Waals surface area contributed by atoms with E-state index in [2.05, 4.69) is 20.9 Å². The Hall–Kier alpha value is -3.42. The van der Waals surface area contributed by atoms with Crippen LogP contribution in [0.15, 0.2) is 66.9 Å². The molecule has 0 saturated heterocycles. The molecule has 32 heavy (non-hydrogen) atoms. The minimum atomic E-state index is -0.352. The van der Waals surface area contributed by atoms with Crippen molar-refractivity contribution in [2.24, 2.45) is 0 Å². The van der Waals surface area contributed by atoms with Crippen molar-refractivity contribution in [2.45, 2.75) is 13.0 Å². The number of likely N-dealkylation sites (N-methyl/N-ethyl adjacent to an activating group) is 1. The van der Waals surface area contributed by atoms with Gasteiger partial charge in [0.15, 0.2) is 0 Å². The first-order valence-corrected chi connectivity index (χ1v) is 10.5. The first-order chi connectivity index (χ1) is 15.3. The van der Waals surface area contributed by atoms with Crippen LogP contribution in [0.3, 0.4) is 0 Å². The van der Waals surface area contributed by atoms with Gasteiger partial charge in [0.2, 0.25) is 0 Å². The van der Waals surface area contributed by atoms with Crippen molar-refractivity contribution < 1.29 is 9.59 Å². The lowest BCUT2D eigenvalue weighted by molar-refractivity contribution is 0.102. The van der Waals surface area contributed by atoms with Crippen LogP contribution < -0.4 is 16.0 Å². The molecule has 3 N–H and O–H groups in total. The number of carbonyl (C=O) groups excluding carboxylic acids is 2. The summed E-state index contributed by atoms with van der Waals surface area (Å²) in [4.78, 5) is 31.3. The molecular formula is C24H26ClN5O2. The molecule has 0 fully saturated rings. The van der Waals surface area contributed by atoms with Gasteiger partial charge in [0.05, 0.1) is 11.1 Å². The Morgan fingerprint density at radius 3 is 2.44 bits per heavy atom. The Morgan fingerprint density at radius 2 is 1.78 bits per heavy atom. The molecule has 7 nitrogen and oxygen atoms in total. The number of rotatable bonds is 7. The second kappa shape index (κ2) is 10.7. The molecule has 166 valence electrons. The van der Waals surface area contributed by atoms with Crippen molar-refractivity contribution in [1.29, 1.82) is 0 Å². The predicted molar refractivity (Wildman–Crippen MR) is 128 cm³/mol. The molecule has 1 aromatic heterocycles. The third-order valence-corrected chi connectivity index (χ3v) is 4.91. The molecule has 0 aliphatic carbocycles. The monoisotopic (exact) mass is 451 g/mol. The van der Waals surface area contributed by atoms with Gasteiger partial charge >= 0.3 is 6.03 Å². The van der Waals surface area contributed by atoms with Crippen LogP contribution in [0.1, 0.15) is 27.5 Å². The highest BCUT2D eigenvalue weighted by atomic mass is 35.5. The van der Waals surface area contributed by atoms with E-state index in [0.29, 0.717) is 28.6 Å². The highest BCUT2D eigenvalue weighted by Crippen LogP contribution is 2.17. The molecule has 1 heterocycles. The van der Waals surface area contributed by atoms with Crippen LogP contribution >= 0.6 is 11.6 Å². The van der Waals surface area contributed by atoms with Gasteiger partial charge < -0.3 is 20.9 Å². The molecule has 0 aliphatic heterocycles. The van der Waals surface area contributed by atoms with E-state index in [4.69, 9.17) is 11.6 Å².